The van der Waals surface area contributed by atoms with Crippen LogP contribution in [-0.4, -0.2) is 36.8 Å². The Hall–Kier alpha value is -2.67. The fourth-order valence-corrected chi connectivity index (χ4v) is 5.07. The SMILES string of the molecule is O=C(COc1ccc2ccccc2c1)N(CC1CCCO1)c1nc2c(Cl)cccc2s1. The van der Waals surface area contributed by atoms with Crippen LogP contribution in [0.25, 0.3) is 21.0 Å². The number of carbonyl (C=O) groups is 1. The normalized spacial score (nSPS) is 16.1. The molecule has 5 nitrogen and oxygen atoms in total. The van der Waals surface area contributed by atoms with E-state index in [4.69, 9.17) is 21.1 Å². The van der Waals surface area contributed by atoms with Gasteiger partial charge in [0, 0.05) is 6.61 Å². The van der Waals surface area contributed by atoms with E-state index in [-0.39, 0.29) is 18.6 Å². The summed E-state index contributed by atoms with van der Waals surface area (Å²) in [5.41, 5.74) is 0.713. The number of para-hydroxylation sites is 1. The van der Waals surface area contributed by atoms with Crippen LogP contribution in [0.3, 0.4) is 0 Å². The maximum Gasteiger partial charge on any atom is 0.266 e. The number of halogens is 1. The van der Waals surface area contributed by atoms with Crippen molar-refractivity contribution in [2.45, 2.75) is 18.9 Å². The lowest BCUT2D eigenvalue weighted by Gasteiger charge is -2.23. The average molecular weight is 453 g/mol. The Morgan fingerprint density at radius 1 is 1.16 bits per heavy atom. The fourth-order valence-electron chi connectivity index (χ4n) is 3.78. The van der Waals surface area contributed by atoms with E-state index in [1.807, 2.05) is 60.7 Å². The summed E-state index contributed by atoms with van der Waals surface area (Å²) in [6.07, 6.45) is 1.94. The van der Waals surface area contributed by atoms with Gasteiger partial charge in [-0.3, -0.25) is 9.69 Å². The number of fused-ring (bicyclic) bond motifs is 2. The zero-order valence-electron chi connectivity index (χ0n) is 16.8. The first-order valence-electron chi connectivity index (χ1n) is 10.3. The number of thiazole rings is 1. The molecule has 1 amide bonds. The van der Waals surface area contributed by atoms with Crippen molar-refractivity contribution in [1.29, 1.82) is 0 Å². The van der Waals surface area contributed by atoms with Crippen LogP contribution in [0.5, 0.6) is 5.75 Å². The molecule has 31 heavy (non-hydrogen) atoms. The molecule has 158 valence electrons. The summed E-state index contributed by atoms with van der Waals surface area (Å²) in [5.74, 6) is 0.510. The lowest BCUT2D eigenvalue weighted by Crippen LogP contribution is -2.40. The molecule has 1 atom stereocenters. The van der Waals surface area contributed by atoms with Gasteiger partial charge in [-0.1, -0.05) is 59.3 Å². The zero-order valence-corrected chi connectivity index (χ0v) is 18.4. The molecule has 0 N–H and O–H groups in total. The summed E-state index contributed by atoms with van der Waals surface area (Å²) in [6, 6.07) is 19.5. The summed E-state index contributed by atoms with van der Waals surface area (Å²) in [4.78, 5) is 19.5. The molecule has 0 aliphatic carbocycles. The molecule has 1 aliphatic rings. The highest BCUT2D eigenvalue weighted by molar-refractivity contribution is 7.22. The maximum absolute atomic E-state index is 13.2. The first-order chi connectivity index (χ1) is 15.2. The number of rotatable bonds is 6. The van der Waals surface area contributed by atoms with Crippen LogP contribution in [0.2, 0.25) is 5.02 Å². The van der Waals surface area contributed by atoms with Crippen molar-refractivity contribution in [3.05, 3.63) is 65.7 Å². The number of hydrogen-bond acceptors (Lipinski definition) is 5. The molecule has 1 unspecified atom stereocenters. The second-order valence-electron chi connectivity index (χ2n) is 7.52. The Bertz CT molecular complexity index is 1240. The van der Waals surface area contributed by atoms with Crippen molar-refractivity contribution in [1.82, 2.24) is 4.98 Å². The van der Waals surface area contributed by atoms with E-state index in [0.29, 0.717) is 28.0 Å². The van der Waals surface area contributed by atoms with Crippen molar-refractivity contribution >= 4 is 55.0 Å². The van der Waals surface area contributed by atoms with Crippen LogP contribution in [-0.2, 0) is 9.53 Å². The number of aromatic nitrogens is 1. The molecule has 0 spiro atoms. The Balaban J connectivity index is 1.38. The van der Waals surface area contributed by atoms with Crippen molar-refractivity contribution in [3.8, 4) is 5.75 Å². The minimum absolute atomic E-state index is 0.00658. The summed E-state index contributed by atoms with van der Waals surface area (Å²) < 4.78 is 12.6. The summed E-state index contributed by atoms with van der Waals surface area (Å²) in [5, 5.41) is 3.40. The third kappa shape index (κ3) is 4.37. The third-order valence-corrected chi connectivity index (χ3v) is 6.73. The second-order valence-corrected chi connectivity index (χ2v) is 8.94. The van der Waals surface area contributed by atoms with Gasteiger partial charge in [-0.05, 0) is 47.9 Å². The van der Waals surface area contributed by atoms with E-state index < -0.39 is 0 Å². The Kier molecular flexibility index (Phi) is 5.76. The number of hydrogen-bond donors (Lipinski definition) is 0. The number of amides is 1. The summed E-state index contributed by atoms with van der Waals surface area (Å²) in [7, 11) is 0. The van der Waals surface area contributed by atoms with Crippen LogP contribution in [0, 0.1) is 0 Å². The van der Waals surface area contributed by atoms with Gasteiger partial charge in [0.2, 0.25) is 0 Å². The molecule has 3 aromatic carbocycles. The van der Waals surface area contributed by atoms with E-state index >= 15 is 0 Å². The molecule has 2 heterocycles. The lowest BCUT2D eigenvalue weighted by molar-refractivity contribution is -0.120. The van der Waals surface area contributed by atoms with E-state index in [0.717, 1.165) is 34.9 Å². The van der Waals surface area contributed by atoms with E-state index in [1.54, 1.807) is 4.90 Å². The Morgan fingerprint density at radius 2 is 2.03 bits per heavy atom. The van der Waals surface area contributed by atoms with Crippen molar-refractivity contribution in [2.75, 3.05) is 24.7 Å². The number of ether oxygens (including phenoxy) is 2. The maximum atomic E-state index is 13.2. The van der Waals surface area contributed by atoms with Gasteiger partial charge in [-0.2, -0.15) is 0 Å². The van der Waals surface area contributed by atoms with Crippen LogP contribution in [0.15, 0.2) is 60.7 Å². The Morgan fingerprint density at radius 3 is 2.84 bits per heavy atom. The molecule has 0 bridgehead atoms. The minimum Gasteiger partial charge on any atom is -0.484 e. The summed E-state index contributed by atoms with van der Waals surface area (Å²) >= 11 is 7.76. The molecule has 0 radical (unpaired) electrons. The van der Waals surface area contributed by atoms with Gasteiger partial charge >= 0.3 is 0 Å². The highest BCUT2D eigenvalue weighted by Gasteiger charge is 2.26. The smallest absolute Gasteiger partial charge is 0.266 e. The molecule has 1 aliphatic heterocycles. The fraction of sp³-hybridized carbons (Fsp3) is 0.250. The standard InChI is InChI=1S/C24H21ClN2O3S/c25-20-8-3-9-21-23(20)26-24(31-21)27(14-19-7-4-12-29-19)22(28)15-30-18-11-10-16-5-1-2-6-17(16)13-18/h1-3,5-6,8-11,13,19H,4,7,12,14-15H2. The second kappa shape index (κ2) is 8.83. The highest BCUT2D eigenvalue weighted by atomic mass is 35.5. The molecule has 5 rings (SSSR count). The van der Waals surface area contributed by atoms with Crippen molar-refractivity contribution in [2.24, 2.45) is 0 Å². The van der Waals surface area contributed by atoms with Crippen LogP contribution in [0.1, 0.15) is 12.8 Å². The van der Waals surface area contributed by atoms with Crippen LogP contribution >= 0.6 is 22.9 Å². The van der Waals surface area contributed by atoms with E-state index in [1.165, 1.54) is 11.3 Å². The van der Waals surface area contributed by atoms with Crippen LogP contribution in [0.4, 0.5) is 5.13 Å². The predicted molar refractivity (Wildman–Crippen MR) is 125 cm³/mol. The first-order valence-corrected chi connectivity index (χ1v) is 11.5. The third-order valence-electron chi connectivity index (χ3n) is 5.38. The first kappa shape index (κ1) is 20.2. The predicted octanol–water partition coefficient (Wildman–Crippen LogP) is 5.69. The van der Waals surface area contributed by atoms with E-state index in [9.17, 15) is 4.79 Å². The van der Waals surface area contributed by atoms with Gasteiger partial charge in [0.05, 0.1) is 22.4 Å². The monoisotopic (exact) mass is 452 g/mol. The van der Waals surface area contributed by atoms with E-state index in [2.05, 4.69) is 4.98 Å². The lowest BCUT2D eigenvalue weighted by atomic mass is 10.1. The quantitative estimate of drug-likeness (QED) is 0.377. The number of anilines is 1. The molecule has 0 saturated carbocycles. The van der Waals surface area contributed by atoms with Crippen molar-refractivity contribution in [3.63, 3.8) is 0 Å². The average Bonchev–Trinajstić information content (AvgIpc) is 3.46. The molecule has 7 heteroatoms. The van der Waals surface area contributed by atoms with Gasteiger partial charge in [0.15, 0.2) is 11.7 Å². The topological polar surface area (TPSA) is 51.7 Å². The molecule has 1 saturated heterocycles. The largest absolute Gasteiger partial charge is 0.484 e. The molecular weight excluding hydrogens is 432 g/mol. The van der Waals surface area contributed by atoms with Crippen molar-refractivity contribution < 1.29 is 14.3 Å². The molecule has 1 fully saturated rings. The molecule has 1 aromatic heterocycles. The Labute approximate surface area is 189 Å². The van der Waals surface area contributed by atoms with Gasteiger partial charge in [0.1, 0.15) is 11.3 Å². The van der Waals surface area contributed by atoms with Gasteiger partial charge in [0.25, 0.3) is 5.91 Å². The minimum atomic E-state index is -0.154. The highest BCUT2D eigenvalue weighted by Crippen LogP contribution is 2.33. The number of carbonyl (C=O) groups excluding carboxylic acids is 1. The number of nitrogens with zero attached hydrogens (tertiary/aromatic N) is 2. The molecular formula is C24H21ClN2O3S. The van der Waals surface area contributed by atoms with Gasteiger partial charge in [-0.25, -0.2) is 4.98 Å². The van der Waals surface area contributed by atoms with Gasteiger partial charge < -0.3 is 9.47 Å². The van der Waals surface area contributed by atoms with Gasteiger partial charge in [-0.15, -0.1) is 0 Å². The summed E-state index contributed by atoms with van der Waals surface area (Å²) in [6.45, 7) is 1.11. The molecule has 4 aromatic rings. The van der Waals surface area contributed by atoms with Crippen LogP contribution < -0.4 is 9.64 Å². The zero-order chi connectivity index (χ0) is 21.2. The number of benzene rings is 3.